The zero-order valence-electron chi connectivity index (χ0n) is 8.17. The maximum atomic E-state index is 10.5. The fourth-order valence-electron chi connectivity index (χ4n) is 0.929. The molecule has 1 atom stereocenters. The van der Waals surface area contributed by atoms with Gasteiger partial charge >= 0.3 is 0 Å². The van der Waals surface area contributed by atoms with Crippen LogP contribution < -0.4 is 10.2 Å². The standard InChI is InChI=1S/C6H4.C4H9ClN2O/c1-2-6-4-3-5(1)6;1-3(7-5)4(8)6-2/h1-4H;3,7H,1-2H3,(H,6,8). The van der Waals surface area contributed by atoms with E-state index in [1.807, 2.05) is 0 Å². The molecule has 0 saturated carbocycles. The first-order valence-corrected chi connectivity index (χ1v) is 4.75. The van der Waals surface area contributed by atoms with Crippen LogP contribution in [0.5, 0.6) is 0 Å². The van der Waals surface area contributed by atoms with Gasteiger partial charge in [-0.1, -0.05) is 24.3 Å². The van der Waals surface area contributed by atoms with E-state index in [0.717, 1.165) is 0 Å². The van der Waals surface area contributed by atoms with Gasteiger partial charge in [0.2, 0.25) is 5.91 Å². The van der Waals surface area contributed by atoms with Crippen LogP contribution in [0.25, 0.3) is 0 Å². The van der Waals surface area contributed by atoms with E-state index < -0.39 is 0 Å². The highest BCUT2D eigenvalue weighted by atomic mass is 35.5. The lowest BCUT2D eigenvalue weighted by Crippen LogP contribution is -2.36. The van der Waals surface area contributed by atoms with Crippen molar-refractivity contribution in [3.05, 3.63) is 34.7 Å². The Morgan fingerprint density at radius 3 is 1.79 bits per heavy atom. The van der Waals surface area contributed by atoms with Gasteiger partial charge in [0.25, 0.3) is 0 Å². The molecule has 14 heavy (non-hydrogen) atoms. The number of halogens is 1. The molecule has 2 aliphatic rings. The third-order valence-corrected chi connectivity index (χ3v) is 2.35. The number of hydrogen-bond acceptors (Lipinski definition) is 2. The van der Waals surface area contributed by atoms with Crippen molar-refractivity contribution in [2.24, 2.45) is 0 Å². The lowest BCUT2D eigenvalue weighted by molar-refractivity contribution is -0.121. The van der Waals surface area contributed by atoms with Gasteiger partial charge in [0.05, 0.1) is 6.04 Å². The van der Waals surface area contributed by atoms with Crippen molar-refractivity contribution in [2.45, 2.75) is 13.0 Å². The first-order valence-electron chi connectivity index (χ1n) is 4.37. The quantitative estimate of drug-likeness (QED) is 0.734. The van der Waals surface area contributed by atoms with Gasteiger partial charge in [0, 0.05) is 7.05 Å². The average molecular weight is 213 g/mol. The Morgan fingerprint density at radius 2 is 1.71 bits per heavy atom. The van der Waals surface area contributed by atoms with Crippen LogP contribution in [0.3, 0.4) is 0 Å². The van der Waals surface area contributed by atoms with E-state index in [4.69, 9.17) is 11.8 Å². The molecule has 76 valence electrons. The Kier molecular flexibility index (Phi) is 3.92. The fourth-order valence-corrected chi connectivity index (χ4v) is 1.03. The molecule has 2 aliphatic carbocycles. The molecule has 3 nitrogen and oxygen atoms in total. The SMILES string of the molecule is CNC(=O)C(C)NCl.c1cc2ccc1=2. The molecule has 0 radical (unpaired) electrons. The fraction of sp³-hybridized carbons (Fsp3) is 0.300. The van der Waals surface area contributed by atoms with E-state index in [9.17, 15) is 4.79 Å². The van der Waals surface area contributed by atoms with Crippen molar-refractivity contribution in [3.63, 3.8) is 0 Å². The van der Waals surface area contributed by atoms with Crippen molar-refractivity contribution in [1.82, 2.24) is 10.2 Å². The monoisotopic (exact) mass is 212 g/mol. The minimum absolute atomic E-state index is 0.111. The zero-order valence-corrected chi connectivity index (χ0v) is 8.93. The molecule has 0 aromatic carbocycles. The molecule has 0 aliphatic heterocycles. The molecule has 0 aromatic rings. The van der Waals surface area contributed by atoms with Crippen LogP contribution in [0.2, 0.25) is 0 Å². The van der Waals surface area contributed by atoms with Crippen molar-refractivity contribution in [1.29, 1.82) is 0 Å². The largest absolute Gasteiger partial charge is 0.358 e. The summed E-state index contributed by atoms with van der Waals surface area (Å²) in [6.45, 7) is 1.67. The van der Waals surface area contributed by atoms with E-state index in [0.29, 0.717) is 0 Å². The van der Waals surface area contributed by atoms with E-state index in [1.165, 1.54) is 10.4 Å². The van der Waals surface area contributed by atoms with Crippen LogP contribution in [-0.4, -0.2) is 19.0 Å². The summed E-state index contributed by atoms with van der Waals surface area (Å²) in [5.74, 6) is -0.111. The van der Waals surface area contributed by atoms with Gasteiger partial charge in [-0.05, 0) is 29.1 Å². The second-order valence-corrected chi connectivity index (χ2v) is 3.24. The van der Waals surface area contributed by atoms with Crippen LogP contribution >= 0.6 is 11.8 Å². The number of amides is 1. The molecule has 1 amide bonds. The van der Waals surface area contributed by atoms with Crippen LogP contribution in [0.15, 0.2) is 24.3 Å². The first kappa shape index (κ1) is 11.0. The highest BCUT2D eigenvalue weighted by Gasteiger charge is 2.06. The molecule has 4 heteroatoms. The number of carbonyl (C=O) groups excluding carboxylic acids is 1. The van der Waals surface area contributed by atoms with Crippen molar-refractivity contribution in [2.75, 3.05) is 7.05 Å². The Balaban J connectivity index is 0.000000143. The summed E-state index contributed by atoms with van der Waals surface area (Å²) in [6.07, 6.45) is 0. The predicted octanol–water partition coefficient (Wildman–Crippen LogP) is 1.15. The minimum Gasteiger partial charge on any atom is -0.358 e. The van der Waals surface area contributed by atoms with Gasteiger partial charge in [-0.3, -0.25) is 4.79 Å². The molecule has 2 N–H and O–H groups in total. The number of nitrogens with one attached hydrogen (secondary N) is 2. The van der Waals surface area contributed by atoms with Gasteiger partial charge in [0.15, 0.2) is 0 Å². The second-order valence-electron chi connectivity index (χ2n) is 3.02. The molecule has 2 rings (SSSR count). The Labute approximate surface area is 87.9 Å². The summed E-state index contributed by atoms with van der Waals surface area (Å²) < 4.78 is 0. The molecule has 0 bridgehead atoms. The molecule has 0 fully saturated rings. The van der Waals surface area contributed by atoms with Gasteiger partial charge in [0.1, 0.15) is 0 Å². The summed E-state index contributed by atoms with van der Waals surface area (Å²) >= 11 is 5.11. The van der Waals surface area contributed by atoms with Gasteiger partial charge in [-0.2, -0.15) is 0 Å². The number of benzene rings is 1. The van der Waals surface area contributed by atoms with Gasteiger partial charge in [-0.15, -0.1) is 0 Å². The van der Waals surface area contributed by atoms with Crippen molar-refractivity contribution >= 4 is 17.7 Å². The second kappa shape index (κ2) is 4.98. The predicted molar refractivity (Wildman–Crippen MR) is 56.6 cm³/mol. The topological polar surface area (TPSA) is 41.1 Å². The van der Waals surface area contributed by atoms with E-state index in [-0.39, 0.29) is 11.9 Å². The van der Waals surface area contributed by atoms with Crippen LogP contribution in [0.4, 0.5) is 0 Å². The summed E-state index contributed by atoms with van der Waals surface area (Å²) in [5.41, 5.74) is 0. The number of carbonyl (C=O) groups is 1. The number of rotatable bonds is 2. The third-order valence-electron chi connectivity index (χ3n) is 2.02. The molecule has 1 unspecified atom stereocenters. The lowest BCUT2D eigenvalue weighted by atomic mass is 10.1. The highest BCUT2D eigenvalue weighted by Crippen LogP contribution is 2.04. The van der Waals surface area contributed by atoms with Crippen LogP contribution in [-0.2, 0) is 4.79 Å². The Bertz CT molecular complexity index is 355. The van der Waals surface area contributed by atoms with Crippen LogP contribution in [0, 0.1) is 10.4 Å². The highest BCUT2D eigenvalue weighted by molar-refractivity contribution is 6.15. The molecule has 0 aromatic heterocycles. The summed E-state index contributed by atoms with van der Waals surface area (Å²) in [6, 6.07) is 8.16. The van der Waals surface area contributed by atoms with Crippen molar-refractivity contribution in [3.8, 4) is 0 Å². The van der Waals surface area contributed by atoms with E-state index in [1.54, 1.807) is 14.0 Å². The molecular weight excluding hydrogens is 200 g/mol. The smallest absolute Gasteiger partial charge is 0.237 e. The van der Waals surface area contributed by atoms with Crippen LogP contribution in [0.1, 0.15) is 6.92 Å². The first-order chi connectivity index (χ1) is 6.69. The van der Waals surface area contributed by atoms with Gasteiger partial charge < -0.3 is 5.32 Å². The summed E-state index contributed by atoms with van der Waals surface area (Å²) in [5, 5.41) is 5.28. The Hall–Kier alpha value is -1.06. The molecule has 0 spiro atoms. The molecule has 0 heterocycles. The normalized spacial score (nSPS) is 12.2. The van der Waals surface area contributed by atoms with E-state index >= 15 is 0 Å². The Morgan fingerprint density at radius 1 is 1.29 bits per heavy atom. The number of likely N-dealkylation sites (N-methyl/N-ethyl adjacent to an activating group) is 1. The van der Waals surface area contributed by atoms with Gasteiger partial charge in [-0.25, -0.2) is 4.84 Å². The zero-order chi connectivity index (χ0) is 10.6. The molecular formula is C10H13ClN2O. The average Bonchev–Trinajstić information content (AvgIpc) is 2.21. The lowest BCUT2D eigenvalue weighted by Gasteiger charge is -2.03. The number of hydrogen-bond donors (Lipinski definition) is 2. The summed E-state index contributed by atoms with van der Waals surface area (Å²) in [7, 11) is 1.56. The summed E-state index contributed by atoms with van der Waals surface area (Å²) in [4.78, 5) is 12.8. The minimum atomic E-state index is -0.318. The van der Waals surface area contributed by atoms with E-state index in [2.05, 4.69) is 34.4 Å². The maximum absolute atomic E-state index is 10.5. The molecule has 0 saturated heterocycles. The third kappa shape index (κ3) is 2.47. The maximum Gasteiger partial charge on any atom is 0.237 e. The van der Waals surface area contributed by atoms with Crippen molar-refractivity contribution < 1.29 is 4.79 Å².